The molecule has 2 amide bonds. The molecule has 1 aromatic rings. The standard InChI is InChI=1S/C15H21Cl2N3O5/c1-14(2,3)24-12(21)20(13(22)25-15(4,5)6)10-8(23-7)9(16)18-11(17)19-10/h1-7H3. The van der Waals surface area contributed by atoms with Gasteiger partial charge in [-0.2, -0.15) is 9.88 Å². The number of hydrogen-bond donors (Lipinski definition) is 0. The number of amides is 2. The molecule has 1 rings (SSSR count). The first-order valence-electron chi connectivity index (χ1n) is 7.28. The highest BCUT2D eigenvalue weighted by Crippen LogP contribution is 2.35. The van der Waals surface area contributed by atoms with E-state index in [1.807, 2.05) is 0 Å². The molecule has 10 heteroatoms. The lowest BCUT2D eigenvalue weighted by molar-refractivity contribution is 0.0427. The molecule has 0 saturated carbocycles. The Bertz CT molecular complexity index is 640. The fraction of sp³-hybridized carbons (Fsp3) is 0.600. The molecule has 0 aliphatic carbocycles. The van der Waals surface area contributed by atoms with Crippen molar-refractivity contribution in [2.24, 2.45) is 0 Å². The minimum Gasteiger partial charge on any atom is -0.490 e. The van der Waals surface area contributed by atoms with E-state index >= 15 is 0 Å². The van der Waals surface area contributed by atoms with Crippen molar-refractivity contribution < 1.29 is 23.8 Å². The molecule has 0 bridgehead atoms. The van der Waals surface area contributed by atoms with Crippen LogP contribution in [0.3, 0.4) is 0 Å². The van der Waals surface area contributed by atoms with Gasteiger partial charge in [0.2, 0.25) is 5.28 Å². The number of hydrogen-bond acceptors (Lipinski definition) is 7. The number of methoxy groups -OCH3 is 1. The summed E-state index contributed by atoms with van der Waals surface area (Å²) in [6.45, 7) is 9.89. The third-order valence-electron chi connectivity index (χ3n) is 2.35. The number of imide groups is 1. The second-order valence-electron chi connectivity index (χ2n) is 6.94. The molecular formula is C15H21Cl2N3O5. The average Bonchev–Trinajstić information content (AvgIpc) is 2.33. The number of aromatic nitrogens is 2. The van der Waals surface area contributed by atoms with Gasteiger partial charge in [-0.3, -0.25) is 0 Å². The normalized spacial score (nSPS) is 11.7. The first kappa shape index (κ1) is 21.2. The quantitative estimate of drug-likeness (QED) is 0.540. The van der Waals surface area contributed by atoms with Gasteiger partial charge in [-0.15, -0.1) is 0 Å². The van der Waals surface area contributed by atoms with Crippen LogP contribution in [0.25, 0.3) is 0 Å². The molecular weight excluding hydrogens is 373 g/mol. The van der Waals surface area contributed by atoms with Crippen LogP contribution in [0.15, 0.2) is 0 Å². The second-order valence-corrected chi connectivity index (χ2v) is 7.63. The highest BCUT2D eigenvalue weighted by atomic mass is 35.5. The Kier molecular flexibility index (Phi) is 6.47. The minimum atomic E-state index is -1.02. The van der Waals surface area contributed by atoms with Gasteiger partial charge >= 0.3 is 12.2 Å². The molecule has 0 spiro atoms. The van der Waals surface area contributed by atoms with Crippen molar-refractivity contribution in [1.29, 1.82) is 0 Å². The van der Waals surface area contributed by atoms with E-state index in [1.54, 1.807) is 41.5 Å². The fourth-order valence-corrected chi connectivity index (χ4v) is 2.03. The first-order valence-corrected chi connectivity index (χ1v) is 8.04. The number of rotatable bonds is 2. The number of nitrogens with zero attached hydrogens (tertiary/aromatic N) is 3. The van der Waals surface area contributed by atoms with Gasteiger partial charge in [0.15, 0.2) is 16.7 Å². The predicted molar refractivity (Wildman–Crippen MR) is 93.6 cm³/mol. The van der Waals surface area contributed by atoms with Crippen LogP contribution < -0.4 is 9.64 Å². The molecule has 0 radical (unpaired) electrons. The smallest absolute Gasteiger partial charge is 0.425 e. The van der Waals surface area contributed by atoms with E-state index in [0.29, 0.717) is 4.90 Å². The molecule has 140 valence electrons. The Balaban J connectivity index is 3.46. The van der Waals surface area contributed by atoms with Gasteiger partial charge in [-0.05, 0) is 53.1 Å². The Morgan fingerprint density at radius 3 is 1.72 bits per heavy atom. The average molecular weight is 394 g/mol. The number of carbonyl (C=O) groups is 2. The third-order valence-corrected chi connectivity index (χ3v) is 2.77. The molecule has 0 aromatic carbocycles. The topological polar surface area (TPSA) is 90.9 Å². The largest absolute Gasteiger partial charge is 0.490 e. The molecule has 0 aliphatic heterocycles. The van der Waals surface area contributed by atoms with Crippen LogP contribution in [0.4, 0.5) is 15.4 Å². The van der Waals surface area contributed by atoms with Gasteiger partial charge in [0, 0.05) is 0 Å². The summed E-state index contributed by atoms with van der Waals surface area (Å²) in [5.41, 5.74) is -1.74. The van der Waals surface area contributed by atoms with Crippen LogP contribution >= 0.6 is 23.2 Å². The maximum absolute atomic E-state index is 12.6. The summed E-state index contributed by atoms with van der Waals surface area (Å²) in [5, 5.41) is -0.451. The first-order chi connectivity index (χ1) is 11.2. The fourth-order valence-electron chi connectivity index (χ4n) is 1.58. The van der Waals surface area contributed by atoms with Crippen LogP contribution in [-0.2, 0) is 9.47 Å². The summed E-state index contributed by atoms with van der Waals surface area (Å²) in [6, 6.07) is 0. The van der Waals surface area contributed by atoms with Crippen LogP contribution in [0.5, 0.6) is 5.75 Å². The lowest BCUT2D eigenvalue weighted by Gasteiger charge is -2.28. The van der Waals surface area contributed by atoms with Gasteiger partial charge in [0.25, 0.3) is 0 Å². The number of anilines is 1. The maximum Gasteiger partial charge on any atom is 0.425 e. The van der Waals surface area contributed by atoms with Gasteiger partial charge in [-0.1, -0.05) is 11.6 Å². The van der Waals surface area contributed by atoms with Crippen molar-refractivity contribution in [3.05, 3.63) is 10.4 Å². The zero-order valence-corrected chi connectivity index (χ0v) is 16.7. The minimum absolute atomic E-state index is 0.122. The van der Waals surface area contributed by atoms with E-state index in [9.17, 15) is 9.59 Å². The molecule has 25 heavy (non-hydrogen) atoms. The predicted octanol–water partition coefficient (Wildman–Crippen LogP) is 4.47. The van der Waals surface area contributed by atoms with E-state index in [0.717, 1.165) is 0 Å². The lowest BCUT2D eigenvalue weighted by atomic mass is 10.2. The van der Waals surface area contributed by atoms with Crippen molar-refractivity contribution in [2.45, 2.75) is 52.7 Å². The Hall–Kier alpha value is -1.80. The van der Waals surface area contributed by atoms with Crippen molar-refractivity contribution in [3.63, 3.8) is 0 Å². The summed E-state index contributed by atoms with van der Waals surface area (Å²) < 4.78 is 15.6. The third kappa shape index (κ3) is 6.21. The van der Waals surface area contributed by atoms with Crippen LogP contribution in [0.1, 0.15) is 41.5 Å². The lowest BCUT2D eigenvalue weighted by Crippen LogP contribution is -2.44. The zero-order valence-electron chi connectivity index (χ0n) is 15.1. The number of carbonyl (C=O) groups excluding carboxylic acids is 2. The van der Waals surface area contributed by atoms with Gasteiger partial charge in [-0.25, -0.2) is 14.6 Å². The molecule has 0 fully saturated rings. The molecule has 0 unspecified atom stereocenters. The van der Waals surface area contributed by atoms with E-state index in [2.05, 4.69) is 9.97 Å². The van der Waals surface area contributed by atoms with Gasteiger partial charge in [0.05, 0.1) is 7.11 Å². The van der Waals surface area contributed by atoms with E-state index in [-0.39, 0.29) is 22.0 Å². The monoisotopic (exact) mass is 393 g/mol. The molecule has 0 atom stereocenters. The number of halogens is 2. The van der Waals surface area contributed by atoms with Crippen LogP contribution in [0, 0.1) is 0 Å². The SMILES string of the molecule is COc1c(Cl)nc(Cl)nc1N(C(=O)OC(C)(C)C)C(=O)OC(C)(C)C. The molecule has 1 heterocycles. The Morgan fingerprint density at radius 2 is 1.36 bits per heavy atom. The van der Waals surface area contributed by atoms with Crippen LogP contribution in [-0.4, -0.2) is 40.5 Å². The highest BCUT2D eigenvalue weighted by Gasteiger charge is 2.36. The molecule has 0 N–H and O–H groups in total. The highest BCUT2D eigenvalue weighted by molar-refractivity contribution is 6.33. The molecule has 1 aromatic heterocycles. The van der Waals surface area contributed by atoms with Crippen molar-refractivity contribution in [3.8, 4) is 5.75 Å². The van der Waals surface area contributed by atoms with Gasteiger partial charge < -0.3 is 14.2 Å². The summed E-state index contributed by atoms with van der Waals surface area (Å²) >= 11 is 11.8. The zero-order chi connectivity index (χ0) is 19.6. The summed E-state index contributed by atoms with van der Waals surface area (Å²) in [6.07, 6.45) is -2.04. The Morgan fingerprint density at radius 1 is 0.920 bits per heavy atom. The summed E-state index contributed by atoms with van der Waals surface area (Å²) in [7, 11) is 1.28. The van der Waals surface area contributed by atoms with Crippen molar-refractivity contribution >= 4 is 41.2 Å². The second kappa shape index (κ2) is 7.61. The van der Waals surface area contributed by atoms with E-state index in [4.69, 9.17) is 37.4 Å². The molecule has 0 saturated heterocycles. The van der Waals surface area contributed by atoms with E-state index < -0.39 is 23.4 Å². The van der Waals surface area contributed by atoms with Crippen LogP contribution in [0.2, 0.25) is 10.4 Å². The van der Waals surface area contributed by atoms with Crippen molar-refractivity contribution in [1.82, 2.24) is 9.97 Å². The number of ether oxygens (including phenoxy) is 3. The van der Waals surface area contributed by atoms with Gasteiger partial charge in [0.1, 0.15) is 11.2 Å². The molecule has 8 nitrogen and oxygen atoms in total. The molecule has 0 aliphatic rings. The maximum atomic E-state index is 12.6. The Labute approximate surface area is 156 Å². The summed E-state index contributed by atoms with van der Waals surface area (Å²) in [5.74, 6) is -0.404. The summed E-state index contributed by atoms with van der Waals surface area (Å²) in [4.78, 5) is 33.3. The van der Waals surface area contributed by atoms with Crippen molar-refractivity contribution in [2.75, 3.05) is 12.0 Å². The van der Waals surface area contributed by atoms with E-state index in [1.165, 1.54) is 7.11 Å².